The molecule has 6 heteroatoms. The van der Waals surface area contributed by atoms with Crippen LogP contribution in [0.2, 0.25) is 0 Å². The van der Waals surface area contributed by atoms with Crippen molar-refractivity contribution in [2.45, 2.75) is 33.1 Å². The summed E-state index contributed by atoms with van der Waals surface area (Å²) in [6.45, 7) is 6.18. The summed E-state index contributed by atoms with van der Waals surface area (Å²) in [6.07, 6.45) is 1.01. The third-order valence-corrected chi connectivity index (χ3v) is 4.40. The monoisotopic (exact) mass is 383 g/mol. The van der Waals surface area contributed by atoms with Crippen molar-refractivity contribution in [2.24, 2.45) is 11.7 Å². The highest BCUT2D eigenvalue weighted by atomic mass is 32.1. The third kappa shape index (κ3) is 5.89. The zero-order valence-electron chi connectivity index (χ0n) is 15.8. The van der Waals surface area contributed by atoms with Gasteiger partial charge in [-0.1, -0.05) is 50.2 Å². The number of carbonyl (C=O) groups excluding carboxylic acids is 2. The van der Waals surface area contributed by atoms with Gasteiger partial charge in [0.1, 0.15) is 0 Å². The number of hydrogen-bond donors (Lipinski definition) is 3. The van der Waals surface area contributed by atoms with Crippen molar-refractivity contribution in [3.63, 3.8) is 0 Å². The van der Waals surface area contributed by atoms with Crippen LogP contribution in [-0.4, -0.2) is 16.9 Å². The van der Waals surface area contributed by atoms with Crippen LogP contribution in [0.15, 0.2) is 48.5 Å². The summed E-state index contributed by atoms with van der Waals surface area (Å²) < 4.78 is 0. The van der Waals surface area contributed by atoms with E-state index in [1.807, 2.05) is 19.1 Å². The van der Waals surface area contributed by atoms with Crippen molar-refractivity contribution in [3.05, 3.63) is 65.2 Å². The number of nitrogens with two attached hydrogens (primary N) is 1. The second-order valence-corrected chi connectivity index (χ2v) is 7.32. The molecule has 0 saturated carbocycles. The summed E-state index contributed by atoms with van der Waals surface area (Å²) in [5.74, 6) is -0.560. The first kappa shape index (κ1) is 20.6. The van der Waals surface area contributed by atoms with Crippen LogP contribution >= 0.6 is 12.2 Å². The maximum absolute atomic E-state index is 12.5. The van der Waals surface area contributed by atoms with E-state index in [0.29, 0.717) is 17.2 Å². The van der Waals surface area contributed by atoms with Gasteiger partial charge in [-0.25, -0.2) is 0 Å². The van der Waals surface area contributed by atoms with E-state index >= 15 is 0 Å². The molecule has 0 aliphatic rings. The Morgan fingerprint density at radius 2 is 1.67 bits per heavy atom. The molecule has 2 aromatic carbocycles. The van der Waals surface area contributed by atoms with Gasteiger partial charge in [0.25, 0.3) is 5.91 Å². The predicted octanol–water partition coefficient (Wildman–Crippen LogP) is 3.60. The Bertz CT molecular complexity index is 832. The first-order valence-electron chi connectivity index (χ1n) is 8.87. The van der Waals surface area contributed by atoms with Gasteiger partial charge in [0, 0.05) is 0 Å². The Hall–Kier alpha value is -2.73. The van der Waals surface area contributed by atoms with Crippen molar-refractivity contribution < 1.29 is 9.59 Å². The molecule has 0 aliphatic heterocycles. The van der Waals surface area contributed by atoms with Crippen LogP contribution < -0.4 is 16.4 Å². The summed E-state index contributed by atoms with van der Waals surface area (Å²) in [5, 5.41) is 5.65. The highest BCUT2D eigenvalue weighted by Gasteiger charge is 2.17. The van der Waals surface area contributed by atoms with Crippen LogP contribution in [0.1, 0.15) is 48.2 Å². The molecule has 5 nitrogen and oxygen atoms in total. The van der Waals surface area contributed by atoms with Crippen LogP contribution in [0.3, 0.4) is 0 Å². The fourth-order valence-electron chi connectivity index (χ4n) is 2.75. The molecule has 0 saturated heterocycles. The molecular weight excluding hydrogens is 358 g/mol. The predicted molar refractivity (Wildman–Crippen MR) is 113 cm³/mol. The topological polar surface area (TPSA) is 84.2 Å². The Kier molecular flexibility index (Phi) is 7.07. The zero-order valence-corrected chi connectivity index (χ0v) is 16.6. The van der Waals surface area contributed by atoms with Crippen molar-refractivity contribution >= 4 is 34.8 Å². The molecule has 27 heavy (non-hydrogen) atoms. The van der Waals surface area contributed by atoms with Crippen LogP contribution in [0, 0.1) is 5.92 Å². The molecule has 1 unspecified atom stereocenters. The second kappa shape index (κ2) is 9.28. The standard InChI is InChI=1S/C21H25N3O2S/c1-13(2)12-15-8-10-16(11-9-15)14(3)20(26)24-21(27)23-18-7-5-4-6-17(18)19(22)25/h4-11,13-14H,12H2,1-3H3,(H2,22,25)(H2,23,24,26,27). The Labute approximate surface area is 165 Å². The van der Waals surface area contributed by atoms with E-state index in [0.717, 1.165) is 12.0 Å². The minimum absolute atomic E-state index is 0.122. The number of anilines is 1. The number of benzene rings is 2. The molecule has 1 atom stereocenters. The average molecular weight is 384 g/mol. The first-order valence-corrected chi connectivity index (χ1v) is 9.28. The van der Waals surface area contributed by atoms with E-state index in [2.05, 4.69) is 36.6 Å². The highest BCUT2D eigenvalue weighted by Crippen LogP contribution is 2.18. The number of thiocarbonyl (C=S) groups is 1. The van der Waals surface area contributed by atoms with E-state index in [1.54, 1.807) is 24.3 Å². The van der Waals surface area contributed by atoms with Gasteiger partial charge < -0.3 is 16.4 Å². The molecule has 0 heterocycles. The second-order valence-electron chi connectivity index (χ2n) is 6.91. The quantitative estimate of drug-likeness (QED) is 0.666. The van der Waals surface area contributed by atoms with E-state index in [4.69, 9.17) is 18.0 Å². The SMILES string of the molecule is CC(C)Cc1ccc(C(C)C(=O)NC(=S)Nc2ccccc2C(N)=O)cc1. The van der Waals surface area contributed by atoms with Gasteiger partial charge in [0.15, 0.2) is 5.11 Å². The van der Waals surface area contributed by atoms with Gasteiger partial charge in [-0.2, -0.15) is 0 Å². The highest BCUT2D eigenvalue weighted by molar-refractivity contribution is 7.80. The van der Waals surface area contributed by atoms with Gasteiger partial charge in [-0.05, 0) is 54.7 Å². The molecule has 2 rings (SSSR count). The lowest BCUT2D eigenvalue weighted by Crippen LogP contribution is -2.37. The summed E-state index contributed by atoms with van der Waals surface area (Å²) >= 11 is 5.20. The van der Waals surface area contributed by atoms with Crippen LogP contribution in [0.25, 0.3) is 0 Å². The lowest BCUT2D eigenvalue weighted by Gasteiger charge is -2.16. The van der Waals surface area contributed by atoms with Crippen molar-refractivity contribution in [2.75, 3.05) is 5.32 Å². The number of para-hydroxylation sites is 1. The summed E-state index contributed by atoms with van der Waals surface area (Å²) in [6, 6.07) is 14.8. The molecule has 142 valence electrons. The summed E-state index contributed by atoms with van der Waals surface area (Å²) in [4.78, 5) is 24.0. The summed E-state index contributed by atoms with van der Waals surface area (Å²) in [5.41, 5.74) is 8.28. The number of amides is 2. The van der Waals surface area contributed by atoms with Gasteiger partial charge in [-0.15, -0.1) is 0 Å². The molecule has 2 aromatic rings. The number of carbonyl (C=O) groups is 2. The van der Waals surface area contributed by atoms with Gasteiger partial charge in [0.05, 0.1) is 17.2 Å². The molecule has 0 spiro atoms. The number of hydrogen-bond acceptors (Lipinski definition) is 3. The Morgan fingerprint density at radius 3 is 2.26 bits per heavy atom. The van der Waals surface area contributed by atoms with E-state index in [1.165, 1.54) is 5.56 Å². The summed E-state index contributed by atoms with van der Waals surface area (Å²) in [7, 11) is 0. The number of rotatable bonds is 6. The minimum Gasteiger partial charge on any atom is -0.366 e. The maximum atomic E-state index is 12.5. The largest absolute Gasteiger partial charge is 0.366 e. The first-order chi connectivity index (χ1) is 12.8. The molecule has 0 bridgehead atoms. The van der Waals surface area contributed by atoms with Crippen molar-refractivity contribution in [1.29, 1.82) is 0 Å². The number of primary amides is 1. The third-order valence-electron chi connectivity index (χ3n) is 4.19. The molecule has 2 amide bonds. The molecule has 0 aromatic heterocycles. The maximum Gasteiger partial charge on any atom is 0.250 e. The Morgan fingerprint density at radius 1 is 1.04 bits per heavy atom. The van der Waals surface area contributed by atoms with Gasteiger partial charge >= 0.3 is 0 Å². The Balaban J connectivity index is 2.00. The molecule has 4 N–H and O–H groups in total. The van der Waals surface area contributed by atoms with E-state index in [9.17, 15) is 9.59 Å². The molecule has 0 radical (unpaired) electrons. The van der Waals surface area contributed by atoms with Gasteiger partial charge in [0.2, 0.25) is 5.91 Å². The average Bonchev–Trinajstić information content (AvgIpc) is 2.61. The number of nitrogens with one attached hydrogen (secondary N) is 2. The van der Waals surface area contributed by atoms with E-state index < -0.39 is 5.91 Å². The van der Waals surface area contributed by atoms with Crippen LogP contribution in [-0.2, 0) is 11.2 Å². The molecule has 0 aliphatic carbocycles. The lowest BCUT2D eigenvalue weighted by molar-refractivity contribution is -0.120. The minimum atomic E-state index is -0.568. The van der Waals surface area contributed by atoms with Crippen LogP contribution in [0.5, 0.6) is 0 Å². The van der Waals surface area contributed by atoms with Crippen molar-refractivity contribution in [1.82, 2.24) is 5.32 Å². The van der Waals surface area contributed by atoms with Gasteiger partial charge in [-0.3, -0.25) is 9.59 Å². The molecular formula is C21H25N3O2S. The zero-order chi connectivity index (χ0) is 20.0. The fraction of sp³-hybridized carbons (Fsp3) is 0.286. The van der Waals surface area contributed by atoms with Crippen LogP contribution in [0.4, 0.5) is 5.69 Å². The lowest BCUT2D eigenvalue weighted by atomic mass is 9.96. The molecule has 0 fully saturated rings. The van der Waals surface area contributed by atoms with Crippen molar-refractivity contribution in [3.8, 4) is 0 Å². The van der Waals surface area contributed by atoms with E-state index in [-0.39, 0.29) is 16.9 Å². The smallest absolute Gasteiger partial charge is 0.250 e. The fourth-order valence-corrected chi connectivity index (χ4v) is 2.96. The normalized spacial score (nSPS) is 11.7.